The second-order valence-electron chi connectivity index (χ2n) is 8.33. The standard InChI is InChI=1S/C24H21FN4O7/c1-13-28-29-20(34-13)18-9-8-17(11-19(18)25)35-15-4-6-16(7-5-15)36-24(14-3-2-10-33-12-14)21(30)26-23(32)27-22(24)31/h4-9,11,14H,2-3,10,12H2,1H3,(H2,26,27,30,31,32). The van der Waals surface area contributed by atoms with Crippen molar-refractivity contribution in [1.29, 1.82) is 0 Å². The van der Waals surface area contributed by atoms with E-state index in [9.17, 15) is 18.8 Å². The molecule has 2 N–H and O–H groups in total. The average Bonchev–Trinajstić information content (AvgIpc) is 3.29. The fourth-order valence-electron chi connectivity index (χ4n) is 4.17. The summed E-state index contributed by atoms with van der Waals surface area (Å²) < 4.78 is 36.9. The van der Waals surface area contributed by atoms with E-state index in [1.807, 2.05) is 0 Å². The molecule has 3 heterocycles. The number of hydrogen-bond acceptors (Lipinski definition) is 9. The van der Waals surface area contributed by atoms with Crippen LogP contribution < -0.4 is 20.1 Å². The number of aromatic nitrogens is 2. The maximum atomic E-state index is 14.6. The summed E-state index contributed by atoms with van der Waals surface area (Å²) in [5.74, 6) is -1.74. The van der Waals surface area contributed by atoms with Gasteiger partial charge in [-0.2, -0.15) is 0 Å². The molecule has 2 aliphatic rings. The fraction of sp³-hybridized carbons (Fsp3) is 0.292. The van der Waals surface area contributed by atoms with Crippen LogP contribution in [-0.2, 0) is 14.3 Å². The van der Waals surface area contributed by atoms with Gasteiger partial charge in [-0.15, -0.1) is 10.2 Å². The molecule has 1 unspecified atom stereocenters. The van der Waals surface area contributed by atoms with Crippen molar-refractivity contribution < 1.29 is 37.4 Å². The highest BCUT2D eigenvalue weighted by Gasteiger charge is 2.58. The van der Waals surface area contributed by atoms with Gasteiger partial charge in [-0.05, 0) is 49.2 Å². The van der Waals surface area contributed by atoms with Crippen LogP contribution in [0.25, 0.3) is 11.5 Å². The summed E-state index contributed by atoms with van der Waals surface area (Å²) in [6.45, 7) is 2.24. The maximum absolute atomic E-state index is 14.6. The second-order valence-corrected chi connectivity index (χ2v) is 8.33. The quantitative estimate of drug-likeness (QED) is 0.493. The van der Waals surface area contributed by atoms with Gasteiger partial charge in [0.2, 0.25) is 5.89 Å². The van der Waals surface area contributed by atoms with Crippen molar-refractivity contribution in [2.45, 2.75) is 25.4 Å². The van der Waals surface area contributed by atoms with Crippen LogP contribution in [0.3, 0.4) is 0 Å². The molecule has 0 aliphatic carbocycles. The normalized spacial score (nSPS) is 19.4. The number of aryl methyl sites for hydroxylation is 1. The summed E-state index contributed by atoms with van der Waals surface area (Å²) in [6, 6.07) is 9.38. The number of imide groups is 2. The minimum atomic E-state index is -1.97. The van der Waals surface area contributed by atoms with Crippen LogP contribution in [0.4, 0.5) is 9.18 Å². The lowest BCUT2D eigenvalue weighted by molar-refractivity contribution is -0.162. The van der Waals surface area contributed by atoms with Crippen LogP contribution in [0.1, 0.15) is 18.7 Å². The lowest BCUT2D eigenvalue weighted by Crippen LogP contribution is -2.72. The van der Waals surface area contributed by atoms with E-state index in [1.165, 1.54) is 36.4 Å². The van der Waals surface area contributed by atoms with Gasteiger partial charge in [0.05, 0.1) is 12.2 Å². The van der Waals surface area contributed by atoms with Gasteiger partial charge >= 0.3 is 6.03 Å². The molecule has 2 aromatic carbocycles. The summed E-state index contributed by atoms with van der Waals surface area (Å²) in [7, 11) is 0. The van der Waals surface area contributed by atoms with Crippen LogP contribution in [0, 0.1) is 18.7 Å². The minimum Gasteiger partial charge on any atom is -0.467 e. The first-order chi connectivity index (χ1) is 17.3. The van der Waals surface area contributed by atoms with Crippen LogP contribution in [-0.4, -0.2) is 46.9 Å². The second kappa shape index (κ2) is 9.38. The Balaban J connectivity index is 1.34. The first-order valence-electron chi connectivity index (χ1n) is 11.2. The molecule has 0 bridgehead atoms. The van der Waals surface area contributed by atoms with Gasteiger partial charge in [0.1, 0.15) is 23.1 Å². The number of halogens is 1. The molecule has 2 saturated heterocycles. The van der Waals surface area contributed by atoms with Crippen molar-refractivity contribution in [3.05, 3.63) is 54.2 Å². The predicted molar refractivity (Wildman–Crippen MR) is 120 cm³/mol. The third kappa shape index (κ3) is 4.38. The van der Waals surface area contributed by atoms with Crippen molar-refractivity contribution >= 4 is 17.8 Å². The number of carbonyl (C=O) groups is 3. The smallest absolute Gasteiger partial charge is 0.328 e. The number of nitrogens with zero attached hydrogens (tertiary/aromatic N) is 2. The van der Waals surface area contributed by atoms with Crippen LogP contribution in [0.5, 0.6) is 17.2 Å². The van der Waals surface area contributed by atoms with Crippen LogP contribution in [0.15, 0.2) is 46.9 Å². The first-order valence-corrected chi connectivity index (χ1v) is 11.2. The summed E-state index contributed by atoms with van der Waals surface area (Å²) in [5.41, 5.74) is -1.82. The molecule has 4 amide bonds. The molecule has 2 fully saturated rings. The average molecular weight is 496 g/mol. The number of barbiturate groups is 1. The molecule has 36 heavy (non-hydrogen) atoms. The molecule has 0 spiro atoms. The molecule has 2 aliphatic heterocycles. The van der Waals surface area contributed by atoms with Crippen molar-refractivity contribution in [3.63, 3.8) is 0 Å². The highest BCUT2D eigenvalue weighted by molar-refractivity contribution is 6.22. The van der Waals surface area contributed by atoms with Gasteiger partial charge in [0.15, 0.2) is 0 Å². The van der Waals surface area contributed by atoms with Crippen LogP contribution >= 0.6 is 0 Å². The highest BCUT2D eigenvalue weighted by Crippen LogP contribution is 2.35. The number of benzene rings is 2. The molecule has 3 aromatic rings. The Morgan fingerprint density at radius 2 is 1.69 bits per heavy atom. The SMILES string of the molecule is Cc1nnc(-c2ccc(Oc3ccc(OC4(C5CCCOC5)C(=O)NC(=O)NC4=O)cc3)cc2F)o1. The zero-order chi connectivity index (χ0) is 25.3. The van der Waals surface area contributed by atoms with Crippen molar-refractivity contribution in [2.24, 2.45) is 5.92 Å². The Hall–Kier alpha value is -4.32. The van der Waals surface area contributed by atoms with E-state index in [0.717, 1.165) is 0 Å². The van der Waals surface area contributed by atoms with Gasteiger partial charge in [-0.1, -0.05) is 0 Å². The number of carbonyl (C=O) groups excluding carboxylic acids is 3. The summed E-state index contributed by atoms with van der Waals surface area (Å²) in [5, 5.41) is 11.7. The lowest BCUT2D eigenvalue weighted by Gasteiger charge is -2.41. The topological polar surface area (TPSA) is 142 Å². The Morgan fingerprint density at radius 1 is 1.00 bits per heavy atom. The van der Waals surface area contributed by atoms with Crippen molar-refractivity contribution in [3.8, 4) is 28.7 Å². The van der Waals surface area contributed by atoms with Gasteiger partial charge in [-0.3, -0.25) is 20.2 Å². The predicted octanol–water partition coefficient (Wildman–Crippen LogP) is 2.89. The molecule has 12 heteroatoms. The summed E-state index contributed by atoms with van der Waals surface area (Å²) in [6.07, 6.45) is 1.14. The molecule has 0 radical (unpaired) electrons. The van der Waals surface area contributed by atoms with Crippen molar-refractivity contribution in [2.75, 3.05) is 13.2 Å². The third-order valence-corrected chi connectivity index (χ3v) is 5.90. The molecular weight excluding hydrogens is 475 g/mol. The molecule has 5 rings (SSSR count). The summed E-state index contributed by atoms with van der Waals surface area (Å²) in [4.78, 5) is 37.4. The van der Waals surface area contributed by atoms with Gasteiger partial charge in [0.25, 0.3) is 23.3 Å². The van der Waals surface area contributed by atoms with Crippen molar-refractivity contribution in [1.82, 2.24) is 20.8 Å². The van der Waals surface area contributed by atoms with E-state index < -0.39 is 35.2 Å². The highest BCUT2D eigenvalue weighted by atomic mass is 19.1. The Kier molecular flexibility index (Phi) is 6.10. The summed E-state index contributed by atoms with van der Waals surface area (Å²) >= 11 is 0. The Morgan fingerprint density at radius 3 is 2.31 bits per heavy atom. The first kappa shape index (κ1) is 23.4. The van der Waals surface area contributed by atoms with E-state index in [1.54, 1.807) is 13.0 Å². The molecule has 11 nitrogen and oxygen atoms in total. The number of hydrogen-bond donors (Lipinski definition) is 2. The Labute approximate surface area is 203 Å². The van der Waals surface area contributed by atoms with E-state index in [2.05, 4.69) is 20.8 Å². The fourth-order valence-corrected chi connectivity index (χ4v) is 4.17. The van der Waals surface area contributed by atoms with Gasteiger partial charge in [0, 0.05) is 25.5 Å². The van der Waals surface area contributed by atoms with E-state index in [-0.39, 0.29) is 29.6 Å². The molecular formula is C24H21FN4O7. The largest absolute Gasteiger partial charge is 0.467 e. The van der Waals surface area contributed by atoms with Gasteiger partial charge < -0.3 is 18.6 Å². The van der Waals surface area contributed by atoms with E-state index in [0.29, 0.717) is 31.1 Å². The Bertz CT molecular complexity index is 1300. The zero-order valence-corrected chi connectivity index (χ0v) is 19.1. The lowest BCUT2D eigenvalue weighted by atomic mass is 9.80. The number of amides is 4. The van der Waals surface area contributed by atoms with Gasteiger partial charge in [-0.25, -0.2) is 9.18 Å². The van der Waals surface area contributed by atoms with E-state index >= 15 is 0 Å². The number of nitrogens with one attached hydrogen (secondary N) is 2. The molecule has 1 aromatic heterocycles. The zero-order valence-electron chi connectivity index (χ0n) is 19.1. The minimum absolute atomic E-state index is 0.0628. The molecule has 1 atom stereocenters. The maximum Gasteiger partial charge on any atom is 0.328 e. The number of rotatable bonds is 6. The third-order valence-electron chi connectivity index (χ3n) is 5.90. The van der Waals surface area contributed by atoms with Crippen LogP contribution in [0.2, 0.25) is 0 Å². The monoisotopic (exact) mass is 496 g/mol. The number of urea groups is 1. The molecule has 0 saturated carbocycles. The molecule has 186 valence electrons. The van der Waals surface area contributed by atoms with E-state index in [4.69, 9.17) is 18.6 Å². The number of ether oxygens (including phenoxy) is 3.